The predicted molar refractivity (Wildman–Crippen MR) is 71.6 cm³/mol. The molecule has 3 fully saturated rings. The van der Waals surface area contributed by atoms with E-state index < -0.39 is 0 Å². The highest BCUT2D eigenvalue weighted by Crippen LogP contribution is 2.42. The van der Waals surface area contributed by atoms with Crippen LogP contribution < -0.4 is 0 Å². The molecule has 1 saturated carbocycles. The first-order valence-corrected chi connectivity index (χ1v) is 7.84. The van der Waals surface area contributed by atoms with E-state index in [2.05, 4.69) is 4.90 Å². The first kappa shape index (κ1) is 12.9. The van der Waals surface area contributed by atoms with Crippen molar-refractivity contribution in [1.29, 1.82) is 0 Å². The Morgan fingerprint density at radius 1 is 1.11 bits per heavy atom. The number of nitrogens with zero attached hydrogens (tertiary/aromatic N) is 1. The Morgan fingerprint density at radius 3 is 2.72 bits per heavy atom. The molecule has 104 valence electrons. The molecule has 2 heterocycles. The summed E-state index contributed by atoms with van der Waals surface area (Å²) in [6.07, 6.45) is 11.4. The van der Waals surface area contributed by atoms with Gasteiger partial charge in [0.2, 0.25) is 0 Å². The van der Waals surface area contributed by atoms with Crippen molar-refractivity contribution in [3.05, 3.63) is 0 Å². The van der Waals surface area contributed by atoms with Crippen LogP contribution in [0.3, 0.4) is 0 Å². The summed E-state index contributed by atoms with van der Waals surface area (Å²) in [5.74, 6) is 0. The summed E-state index contributed by atoms with van der Waals surface area (Å²) >= 11 is 0. The molecule has 1 N–H and O–H groups in total. The fraction of sp³-hybridized carbons (Fsp3) is 1.00. The molecule has 0 aromatic heterocycles. The highest BCUT2D eigenvalue weighted by molar-refractivity contribution is 4.96. The molecule has 3 heteroatoms. The third-order valence-electron chi connectivity index (χ3n) is 5.33. The van der Waals surface area contributed by atoms with Crippen LogP contribution in [-0.2, 0) is 4.74 Å². The molecule has 3 aliphatic rings. The summed E-state index contributed by atoms with van der Waals surface area (Å²) in [7, 11) is 0. The molecule has 2 unspecified atom stereocenters. The van der Waals surface area contributed by atoms with Gasteiger partial charge in [0.1, 0.15) is 0 Å². The lowest BCUT2D eigenvalue weighted by atomic mass is 9.86. The SMILES string of the molecule is OCC1CCCCN1C1CCOC2(CCCC2)C1. The average molecular weight is 253 g/mol. The zero-order valence-corrected chi connectivity index (χ0v) is 11.4. The van der Waals surface area contributed by atoms with Gasteiger partial charge in [-0.05, 0) is 45.1 Å². The van der Waals surface area contributed by atoms with Crippen molar-refractivity contribution in [2.75, 3.05) is 19.8 Å². The molecule has 3 nitrogen and oxygen atoms in total. The maximum absolute atomic E-state index is 9.58. The van der Waals surface area contributed by atoms with Crippen molar-refractivity contribution >= 4 is 0 Å². The molecule has 18 heavy (non-hydrogen) atoms. The minimum absolute atomic E-state index is 0.209. The molecule has 0 aromatic rings. The fourth-order valence-electron chi connectivity index (χ4n) is 4.35. The Labute approximate surface area is 110 Å². The summed E-state index contributed by atoms with van der Waals surface area (Å²) in [5.41, 5.74) is 0.209. The number of aliphatic hydroxyl groups is 1. The zero-order chi connectivity index (χ0) is 12.4. The van der Waals surface area contributed by atoms with Crippen molar-refractivity contribution in [1.82, 2.24) is 4.90 Å². The van der Waals surface area contributed by atoms with Crippen molar-refractivity contribution in [2.45, 2.75) is 75.5 Å². The Kier molecular flexibility index (Phi) is 3.92. The minimum atomic E-state index is 0.209. The molecule has 2 aliphatic heterocycles. The van der Waals surface area contributed by atoms with E-state index >= 15 is 0 Å². The quantitative estimate of drug-likeness (QED) is 0.820. The number of ether oxygens (including phenoxy) is 1. The van der Waals surface area contributed by atoms with Crippen molar-refractivity contribution < 1.29 is 9.84 Å². The van der Waals surface area contributed by atoms with Gasteiger partial charge < -0.3 is 9.84 Å². The highest BCUT2D eigenvalue weighted by atomic mass is 16.5. The van der Waals surface area contributed by atoms with Gasteiger partial charge in [-0.15, -0.1) is 0 Å². The lowest BCUT2D eigenvalue weighted by Gasteiger charge is -2.47. The number of hydrogen-bond acceptors (Lipinski definition) is 3. The standard InChI is InChI=1S/C15H27NO2/c17-12-14-5-1-4-9-16(14)13-6-10-18-15(11-13)7-2-3-8-15/h13-14,17H,1-12H2. The summed E-state index contributed by atoms with van der Waals surface area (Å²) in [6, 6.07) is 1.08. The molecule has 0 bridgehead atoms. The first-order chi connectivity index (χ1) is 8.83. The molecule has 0 radical (unpaired) electrons. The van der Waals surface area contributed by atoms with Gasteiger partial charge in [-0.2, -0.15) is 0 Å². The smallest absolute Gasteiger partial charge is 0.0697 e. The molecule has 0 aromatic carbocycles. The van der Waals surface area contributed by atoms with E-state index in [0.29, 0.717) is 18.7 Å². The van der Waals surface area contributed by atoms with Gasteiger partial charge in [0, 0.05) is 18.7 Å². The van der Waals surface area contributed by atoms with Crippen LogP contribution in [0.25, 0.3) is 0 Å². The first-order valence-electron chi connectivity index (χ1n) is 7.84. The third kappa shape index (κ3) is 2.45. The van der Waals surface area contributed by atoms with E-state index in [1.165, 1.54) is 57.9 Å². The van der Waals surface area contributed by atoms with Crippen LogP contribution in [0.1, 0.15) is 57.8 Å². The lowest BCUT2D eigenvalue weighted by molar-refractivity contribution is -0.112. The maximum atomic E-state index is 9.58. The summed E-state index contributed by atoms with van der Waals surface area (Å²) in [5, 5.41) is 9.58. The Hall–Kier alpha value is -0.120. The van der Waals surface area contributed by atoms with Gasteiger partial charge in [0.05, 0.1) is 12.2 Å². The Balaban J connectivity index is 1.67. The van der Waals surface area contributed by atoms with Crippen LogP contribution in [0.4, 0.5) is 0 Å². The third-order valence-corrected chi connectivity index (χ3v) is 5.33. The van der Waals surface area contributed by atoms with Gasteiger partial charge in [-0.3, -0.25) is 4.90 Å². The Morgan fingerprint density at radius 2 is 1.94 bits per heavy atom. The number of hydrogen-bond donors (Lipinski definition) is 1. The normalized spacial score (nSPS) is 37.2. The molecule has 2 atom stereocenters. The van der Waals surface area contributed by atoms with E-state index in [9.17, 15) is 5.11 Å². The van der Waals surface area contributed by atoms with Crippen molar-refractivity contribution in [3.63, 3.8) is 0 Å². The monoisotopic (exact) mass is 253 g/mol. The zero-order valence-electron chi connectivity index (χ0n) is 11.4. The number of rotatable bonds is 2. The van der Waals surface area contributed by atoms with E-state index in [1.807, 2.05) is 0 Å². The van der Waals surface area contributed by atoms with E-state index in [-0.39, 0.29) is 5.60 Å². The largest absolute Gasteiger partial charge is 0.395 e. The molecule has 3 rings (SSSR count). The molecular formula is C15H27NO2. The van der Waals surface area contributed by atoms with Crippen LogP contribution >= 0.6 is 0 Å². The minimum Gasteiger partial charge on any atom is -0.395 e. The predicted octanol–water partition coefficient (Wildman–Crippen LogP) is 2.33. The summed E-state index contributed by atoms with van der Waals surface area (Å²) in [6.45, 7) is 2.45. The molecule has 1 spiro atoms. The number of likely N-dealkylation sites (tertiary alicyclic amines) is 1. The van der Waals surface area contributed by atoms with Crippen LogP contribution in [-0.4, -0.2) is 47.4 Å². The van der Waals surface area contributed by atoms with Gasteiger partial charge in [-0.1, -0.05) is 19.3 Å². The van der Waals surface area contributed by atoms with Gasteiger partial charge in [0.15, 0.2) is 0 Å². The topological polar surface area (TPSA) is 32.7 Å². The molecule has 1 aliphatic carbocycles. The van der Waals surface area contributed by atoms with Crippen LogP contribution in [0.5, 0.6) is 0 Å². The second-order valence-electron chi connectivity index (χ2n) is 6.46. The molecular weight excluding hydrogens is 226 g/mol. The van der Waals surface area contributed by atoms with Gasteiger partial charge in [0.25, 0.3) is 0 Å². The summed E-state index contributed by atoms with van der Waals surface area (Å²) < 4.78 is 6.13. The van der Waals surface area contributed by atoms with Crippen LogP contribution in [0.15, 0.2) is 0 Å². The number of aliphatic hydroxyl groups excluding tert-OH is 1. The maximum Gasteiger partial charge on any atom is 0.0697 e. The van der Waals surface area contributed by atoms with Gasteiger partial charge in [-0.25, -0.2) is 0 Å². The second kappa shape index (κ2) is 5.48. The van der Waals surface area contributed by atoms with E-state index in [1.54, 1.807) is 0 Å². The van der Waals surface area contributed by atoms with Gasteiger partial charge >= 0.3 is 0 Å². The molecule has 0 amide bonds. The lowest BCUT2D eigenvalue weighted by Crippen LogP contribution is -2.53. The Bertz CT molecular complexity index is 276. The van der Waals surface area contributed by atoms with E-state index in [4.69, 9.17) is 4.74 Å². The highest BCUT2D eigenvalue weighted by Gasteiger charge is 2.42. The van der Waals surface area contributed by atoms with Crippen LogP contribution in [0.2, 0.25) is 0 Å². The van der Waals surface area contributed by atoms with Crippen LogP contribution in [0, 0.1) is 0 Å². The second-order valence-corrected chi connectivity index (χ2v) is 6.46. The van der Waals surface area contributed by atoms with E-state index in [0.717, 1.165) is 13.0 Å². The van der Waals surface area contributed by atoms with Crippen molar-refractivity contribution in [3.8, 4) is 0 Å². The fourth-order valence-corrected chi connectivity index (χ4v) is 4.35. The summed E-state index contributed by atoms with van der Waals surface area (Å²) in [4.78, 5) is 2.60. The molecule has 2 saturated heterocycles. The number of piperidine rings is 1. The van der Waals surface area contributed by atoms with Crippen molar-refractivity contribution in [2.24, 2.45) is 0 Å². The average Bonchev–Trinajstić information content (AvgIpc) is 2.86.